The highest BCUT2D eigenvalue weighted by atomic mass is 79.9. The third-order valence-corrected chi connectivity index (χ3v) is 5.61. The van der Waals surface area contributed by atoms with E-state index in [-0.39, 0.29) is 19.0 Å². The van der Waals surface area contributed by atoms with Gasteiger partial charge in [0.2, 0.25) is 5.91 Å². The maximum atomic E-state index is 14.9. The molecule has 158 valence electrons. The quantitative estimate of drug-likeness (QED) is 0.569. The maximum absolute atomic E-state index is 14.9. The molecule has 1 aliphatic heterocycles. The van der Waals surface area contributed by atoms with Gasteiger partial charge in [-0.2, -0.15) is 0 Å². The van der Waals surface area contributed by atoms with Gasteiger partial charge in [0.05, 0.1) is 18.8 Å². The Morgan fingerprint density at radius 1 is 1.32 bits per heavy atom. The number of amides is 2. The molecular formula is C23H19BrFN3O3. The van der Waals surface area contributed by atoms with Crippen LogP contribution in [0.3, 0.4) is 0 Å². The Balaban J connectivity index is 1.56. The van der Waals surface area contributed by atoms with Crippen molar-refractivity contribution in [3.05, 3.63) is 71.8 Å². The van der Waals surface area contributed by atoms with Gasteiger partial charge in [0.15, 0.2) is 0 Å². The first-order valence-electron chi connectivity index (χ1n) is 9.65. The number of hydrogen-bond donors (Lipinski definition) is 1. The van der Waals surface area contributed by atoms with Crippen molar-refractivity contribution >= 4 is 54.9 Å². The van der Waals surface area contributed by atoms with Crippen LogP contribution in [0.1, 0.15) is 18.1 Å². The Bertz CT molecular complexity index is 1190. The second kappa shape index (κ2) is 8.85. The zero-order valence-corrected chi connectivity index (χ0v) is 18.2. The smallest absolute Gasteiger partial charge is 0.414 e. The summed E-state index contributed by atoms with van der Waals surface area (Å²) in [6.07, 6.45) is 4.14. The number of benzene rings is 2. The van der Waals surface area contributed by atoms with Crippen molar-refractivity contribution in [1.29, 1.82) is 0 Å². The van der Waals surface area contributed by atoms with Crippen molar-refractivity contribution in [2.24, 2.45) is 0 Å². The van der Waals surface area contributed by atoms with Crippen LogP contribution in [0.4, 0.5) is 14.9 Å². The first kappa shape index (κ1) is 21.0. The molecule has 2 amide bonds. The van der Waals surface area contributed by atoms with Crippen LogP contribution in [0.25, 0.3) is 21.3 Å². The summed E-state index contributed by atoms with van der Waals surface area (Å²) in [4.78, 5) is 28.8. The third kappa shape index (κ3) is 4.59. The minimum atomic E-state index is -0.568. The molecule has 6 nitrogen and oxygen atoms in total. The number of halogens is 2. The van der Waals surface area contributed by atoms with E-state index in [1.54, 1.807) is 30.6 Å². The summed E-state index contributed by atoms with van der Waals surface area (Å²) in [6.45, 7) is 1.84. The van der Waals surface area contributed by atoms with Gasteiger partial charge >= 0.3 is 6.09 Å². The lowest BCUT2D eigenvalue weighted by atomic mass is 10.1. The SMILES string of the molecule is CC(=O)NC[C@H]1CN(c2ccc(C=C(Br)c3cncc4ccccc34)c(F)c2)C(=O)O1. The highest BCUT2D eigenvalue weighted by Crippen LogP contribution is 2.31. The Morgan fingerprint density at radius 2 is 2.13 bits per heavy atom. The molecule has 1 aromatic heterocycles. The van der Waals surface area contributed by atoms with Crippen molar-refractivity contribution < 1.29 is 18.7 Å². The van der Waals surface area contributed by atoms with Gasteiger partial charge in [-0.05, 0) is 29.7 Å². The van der Waals surface area contributed by atoms with Crippen LogP contribution < -0.4 is 10.2 Å². The molecule has 31 heavy (non-hydrogen) atoms. The summed E-state index contributed by atoms with van der Waals surface area (Å²) >= 11 is 3.54. The van der Waals surface area contributed by atoms with Crippen LogP contribution in [-0.4, -0.2) is 36.2 Å². The van der Waals surface area contributed by atoms with Gasteiger partial charge in [0, 0.05) is 40.3 Å². The molecule has 3 aromatic rings. The van der Waals surface area contributed by atoms with Gasteiger partial charge in [0.25, 0.3) is 0 Å². The fraction of sp³-hybridized carbons (Fsp3) is 0.174. The number of fused-ring (bicyclic) bond motifs is 1. The highest BCUT2D eigenvalue weighted by molar-refractivity contribution is 9.15. The van der Waals surface area contributed by atoms with Crippen molar-refractivity contribution in [3.8, 4) is 0 Å². The Labute approximate surface area is 186 Å². The van der Waals surface area contributed by atoms with E-state index in [0.29, 0.717) is 15.7 Å². The van der Waals surface area contributed by atoms with Crippen LogP contribution >= 0.6 is 15.9 Å². The summed E-state index contributed by atoms with van der Waals surface area (Å²) in [6, 6.07) is 12.4. The summed E-state index contributed by atoms with van der Waals surface area (Å²) in [5, 5.41) is 4.61. The molecule has 4 rings (SSSR count). The lowest BCUT2D eigenvalue weighted by molar-refractivity contribution is -0.119. The molecule has 1 aliphatic rings. The molecular weight excluding hydrogens is 465 g/mol. The minimum Gasteiger partial charge on any atom is -0.442 e. The zero-order valence-electron chi connectivity index (χ0n) is 16.6. The molecule has 0 spiro atoms. The number of ether oxygens (including phenoxy) is 1. The van der Waals surface area contributed by atoms with Crippen LogP contribution in [0.2, 0.25) is 0 Å². The molecule has 8 heteroatoms. The highest BCUT2D eigenvalue weighted by Gasteiger charge is 2.32. The van der Waals surface area contributed by atoms with Crippen molar-refractivity contribution in [1.82, 2.24) is 10.3 Å². The van der Waals surface area contributed by atoms with Gasteiger partial charge in [-0.25, -0.2) is 9.18 Å². The molecule has 1 fully saturated rings. The average molecular weight is 484 g/mol. The number of rotatable bonds is 5. The first-order valence-corrected chi connectivity index (χ1v) is 10.4. The summed E-state index contributed by atoms with van der Waals surface area (Å²) in [5.41, 5.74) is 1.62. The number of nitrogens with zero attached hydrogens (tertiary/aromatic N) is 2. The number of nitrogens with one attached hydrogen (secondary N) is 1. The second-order valence-electron chi connectivity index (χ2n) is 7.16. The van der Waals surface area contributed by atoms with Gasteiger partial charge in [0.1, 0.15) is 11.9 Å². The van der Waals surface area contributed by atoms with E-state index in [9.17, 15) is 14.0 Å². The minimum absolute atomic E-state index is 0.205. The topological polar surface area (TPSA) is 71.5 Å². The molecule has 0 aliphatic carbocycles. The summed E-state index contributed by atoms with van der Waals surface area (Å²) in [5.74, 6) is -0.676. The van der Waals surface area contributed by atoms with E-state index in [0.717, 1.165) is 16.3 Å². The monoisotopic (exact) mass is 483 g/mol. The second-order valence-corrected chi connectivity index (χ2v) is 8.01. The van der Waals surface area contributed by atoms with Crippen LogP contribution in [0.5, 0.6) is 0 Å². The number of pyridine rings is 1. The maximum Gasteiger partial charge on any atom is 0.414 e. The molecule has 0 bridgehead atoms. The molecule has 0 radical (unpaired) electrons. The predicted molar refractivity (Wildman–Crippen MR) is 121 cm³/mol. The van der Waals surface area contributed by atoms with E-state index < -0.39 is 18.0 Å². The molecule has 1 N–H and O–H groups in total. The Morgan fingerprint density at radius 3 is 2.90 bits per heavy atom. The van der Waals surface area contributed by atoms with Gasteiger partial charge in [-0.3, -0.25) is 14.7 Å². The average Bonchev–Trinajstić information content (AvgIpc) is 3.13. The number of anilines is 1. The van der Waals surface area contributed by atoms with Crippen molar-refractivity contribution in [2.75, 3.05) is 18.0 Å². The van der Waals surface area contributed by atoms with E-state index in [4.69, 9.17) is 4.74 Å². The predicted octanol–water partition coefficient (Wildman–Crippen LogP) is 4.73. The fourth-order valence-electron chi connectivity index (χ4n) is 3.42. The van der Waals surface area contributed by atoms with E-state index in [1.807, 2.05) is 24.3 Å². The lowest BCUT2D eigenvalue weighted by Gasteiger charge is -2.14. The summed E-state index contributed by atoms with van der Waals surface area (Å²) in [7, 11) is 0. The Kier molecular flexibility index (Phi) is 5.99. The largest absolute Gasteiger partial charge is 0.442 e. The van der Waals surface area contributed by atoms with Crippen molar-refractivity contribution in [2.45, 2.75) is 13.0 Å². The number of hydrogen-bond acceptors (Lipinski definition) is 4. The van der Waals surface area contributed by atoms with Gasteiger partial charge in [-0.1, -0.05) is 40.2 Å². The lowest BCUT2D eigenvalue weighted by Crippen LogP contribution is -2.33. The third-order valence-electron chi connectivity index (χ3n) is 4.96. The molecule has 0 unspecified atom stereocenters. The van der Waals surface area contributed by atoms with Gasteiger partial charge < -0.3 is 10.1 Å². The normalized spacial score (nSPS) is 16.5. The van der Waals surface area contributed by atoms with Crippen LogP contribution in [-0.2, 0) is 9.53 Å². The number of carbonyl (C=O) groups is 2. The van der Waals surface area contributed by atoms with Crippen LogP contribution in [0.15, 0.2) is 54.9 Å². The first-order chi connectivity index (χ1) is 14.9. The fourth-order valence-corrected chi connectivity index (χ4v) is 3.98. The standard InChI is InChI=1S/C23H19BrFN3O3/c1-14(29)27-11-18-13-28(23(30)31-18)17-7-6-15(22(25)9-17)8-21(24)20-12-26-10-16-4-2-3-5-19(16)20/h2-10,12,18H,11,13H2,1H3,(H,27,29)/t18-/m0/s1. The van der Waals surface area contributed by atoms with E-state index in [2.05, 4.69) is 26.2 Å². The molecule has 0 saturated carbocycles. The zero-order chi connectivity index (χ0) is 22.0. The van der Waals surface area contributed by atoms with E-state index >= 15 is 0 Å². The molecule has 1 atom stereocenters. The summed E-state index contributed by atoms with van der Waals surface area (Å²) < 4.78 is 20.8. The van der Waals surface area contributed by atoms with E-state index in [1.165, 1.54) is 17.9 Å². The molecule has 2 aromatic carbocycles. The number of cyclic esters (lactones) is 1. The van der Waals surface area contributed by atoms with Crippen molar-refractivity contribution in [3.63, 3.8) is 0 Å². The number of carbonyl (C=O) groups excluding carboxylic acids is 2. The molecule has 1 saturated heterocycles. The molecule has 2 heterocycles. The Hall–Kier alpha value is -3.26. The van der Waals surface area contributed by atoms with Crippen LogP contribution in [0, 0.1) is 5.82 Å². The van der Waals surface area contributed by atoms with Gasteiger partial charge in [-0.15, -0.1) is 0 Å². The number of aromatic nitrogens is 1.